The highest BCUT2D eigenvalue weighted by atomic mass is 35.5. The number of ether oxygens (including phenoxy) is 2. The molecule has 0 spiro atoms. The molecule has 2 aromatic carbocycles. The first kappa shape index (κ1) is 19.1. The first-order valence-corrected chi connectivity index (χ1v) is 8.30. The van der Waals surface area contributed by atoms with Gasteiger partial charge in [-0.2, -0.15) is 0 Å². The van der Waals surface area contributed by atoms with E-state index in [2.05, 4.69) is 5.32 Å². The lowest BCUT2D eigenvalue weighted by Gasteiger charge is -2.14. The minimum absolute atomic E-state index is 0.249. The average Bonchev–Trinajstić information content (AvgIpc) is 2.59. The SMILES string of the molecule is CC(OC(=O)COc1cccc(Cl)c1)C(=O)NCc1ccccc1Cl. The molecule has 0 aromatic heterocycles. The van der Waals surface area contributed by atoms with Crippen LogP contribution >= 0.6 is 23.2 Å². The van der Waals surface area contributed by atoms with Gasteiger partial charge < -0.3 is 14.8 Å². The van der Waals surface area contributed by atoms with Gasteiger partial charge in [0.1, 0.15) is 5.75 Å². The lowest BCUT2D eigenvalue weighted by molar-refractivity contribution is -0.156. The van der Waals surface area contributed by atoms with Crippen molar-refractivity contribution >= 4 is 35.1 Å². The van der Waals surface area contributed by atoms with Crippen LogP contribution < -0.4 is 10.1 Å². The molecule has 0 bridgehead atoms. The Morgan fingerprint density at radius 2 is 1.88 bits per heavy atom. The molecule has 0 fully saturated rings. The molecule has 1 atom stereocenters. The van der Waals surface area contributed by atoms with Gasteiger partial charge in [0.15, 0.2) is 12.7 Å². The molecule has 2 aromatic rings. The fourth-order valence-corrected chi connectivity index (χ4v) is 2.33. The number of benzene rings is 2. The minimum Gasteiger partial charge on any atom is -0.482 e. The molecule has 0 aliphatic carbocycles. The Kier molecular flexibility index (Phi) is 7.10. The average molecular weight is 382 g/mol. The second-order valence-electron chi connectivity index (χ2n) is 5.19. The highest BCUT2D eigenvalue weighted by Gasteiger charge is 2.18. The van der Waals surface area contributed by atoms with Gasteiger partial charge in [-0.3, -0.25) is 4.79 Å². The standard InChI is InChI=1S/C18H17Cl2NO4/c1-12(18(23)21-10-13-5-2-3-8-16(13)20)25-17(22)11-24-15-7-4-6-14(19)9-15/h2-9,12H,10-11H2,1H3,(H,21,23). The molecule has 132 valence electrons. The molecule has 1 amide bonds. The summed E-state index contributed by atoms with van der Waals surface area (Å²) in [6.45, 7) is 1.42. The number of hydrogen-bond acceptors (Lipinski definition) is 4. The summed E-state index contributed by atoms with van der Waals surface area (Å²) in [5, 5.41) is 3.72. The number of hydrogen-bond donors (Lipinski definition) is 1. The molecule has 0 saturated heterocycles. The van der Waals surface area contributed by atoms with Crippen LogP contribution in [0.3, 0.4) is 0 Å². The summed E-state index contributed by atoms with van der Waals surface area (Å²) in [4.78, 5) is 23.8. The molecule has 0 radical (unpaired) electrons. The Balaban J connectivity index is 1.76. The van der Waals surface area contributed by atoms with E-state index in [0.717, 1.165) is 5.56 Å². The van der Waals surface area contributed by atoms with Gasteiger partial charge in [0.05, 0.1) is 0 Å². The van der Waals surface area contributed by atoms with Crippen LogP contribution in [0.15, 0.2) is 48.5 Å². The monoisotopic (exact) mass is 381 g/mol. The van der Waals surface area contributed by atoms with Crippen molar-refractivity contribution in [1.29, 1.82) is 0 Å². The van der Waals surface area contributed by atoms with Crippen molar-refractivity contribution in [2.75, 3.05) is 6.61 Å². The fourth-order valence-electron chi connectivity index (χ4n) is 1.95. The summed E-state index contributed by atoms with van der Waals surface area (Å²) in [5.74, 6) is -0.628. The zero-order valence-corrected chi connectivity index (χ0v) is 15.0. The van der Waals surface area contributed by atoms with E-state index in [4.69, 9.17) is 32.7 Å². The van der Waals surface area contributed by atoms with Crippen LogP contribution in [0.5, 0.6) is 5.75 Å². The Morgan fingerprint density at radius 1 is 1.12 bits per heavy atom. The lowest BCUT2D eigenvalue weighted by atomic mass is 10.2. The molecule has 1 N–H and O–H groups in total. The van der Waals surface area contributed by atoms with Crippen molar-refractivity contribution in [2.45, 2.75) is 19.6 Å². The number of carbonyl (C=O) groups is 2. The van der Waals surface area contributed by atoms with Gasteiger partial charge in [-0.05, 0) is 36.8 Å². The molecule has 25 heavy (non-hydrogen) atoms. The quantitative estimate of drug-likeness (QED) is 0.743. The van der Waals surface area contributed by atoms with E-state index in [0.29, 0.717) is 15.8 Å². The molecule has 0 aliphatic heterocycles. The predicted molar refractivity (Wildman–Crippen MR) is 95.8 cm³/mol. The van der Waals surface area contributed by atoms with Crippen LogP contribution in [0, 0.1) is 0 Å². The summed E-state index contributed by atoms with van der Waals surface area (Å²) in [6, 6.07) is 13.8. The van der Waals surface area contributed by atoms with E-state index < -0.39 is 18.0 Å². The summed E-state index contributed by atoms with van der Waals surface area (Å²) < 4.78 is 10.3. The van der Waals surface area contributed by atoms with Crippen LogP contribution in [0.1, 0.15) is 12.5 Å². The van der Waals surface area contributed by atoms with Gasteiger partial charge >= 0.3 is 5.97 Å². The van der Waals surface area contributed by atoms with Crippen molar-refractivity contribution < 1.29 is 19.1 Å². The smallest absolute Gasteiger partial charge is 0.344 e. The third-order valence-electron chi connectivity index (χ3n) is 3.24. The van der Waals surface area contributed by atoms with Crippen LogP contribution in [0.25, 0.3) is 0 Å². The molecule has 0 heterocycles. The second kappa shape index (κ2) is 9.30. The molecule has 0 saturated carbocycles. The van der Waals surface area contributed by atoms with Gasteiger partial charge in [0.25, 0.3) is 5.91 Å². The number of esters is 1. The maximum Gasteiger partial charge on any atom is 0.344 e. The maximum absolute atomic E-state index is 12.0. The molecule has 7 heteroatoms. The number of halogens is 2. The topological polar surface area (TPSA) is 64.6 Å². The van der Waals surface area contributed by atoms with Crippen LogP contribution in [-0.4, -0.2) is 24.6 Å². The number of nitrogens with one attached hydrogen (secondary N) is 1. The fraction of sp³-hybridized carbons (Fsp3) is 0.222. The Hall–Kier alpha value is -2.24. The summed E-state index contributed by atoms with van der Waals surface area (Å²) in [5.41, 5.74) is 0.778. The maximum atomic E-state index is 12.0. The van der Waals surface area contributed by atoms with Gasteiger partial charge in [-0.1, -0.05) is 47.5 Å². The second-order valence-corrected chi connectivity index (χ2v) is 6.03. The van der Waals surface area contributed by atoms with E-state index in [1.807, 2.05) is 6.07 Å². The Bertz CT molecular complexity index is 751. The zero-order chi connectivity index (χ0) is 18.2. The van der Waals surface area contributed by atoms with Gasteiger partial charge in [-0.25, -0.2) is 4.79 Å². The Morgan fingerprint density at radius 3 is 2.60 bits per heavy atom. The van der Waals surface area contributed by atoms with Crippen molar-refractivity contribution in [3.05, 3.63) is 64.1 Å². The number of rotatable bonds is 7. The van der Waals surface area contributed by atoms with Crippen LogP contribution in [0.2, 0.25) is 10.0 Å². The highest BCUT2D eigenvalue weighted by molar-refractivity contribution is 6.31. The summed E-state index contributed by atoms with van der Waals surface area (Å²) >= 11 is 11.8. The zero-order valence-electron chi connectivity index (χ0n) is 13.5. The van der Waals surface area contributed by atoms with Crippen molar-refractivity contribution in [2.24, 2.45) is 0 Å². The summed E-state index contributed by atoms with van der Waals surface area (Å²) in [6.07, 6.45) is -0.946. The summed E-state index contributed by atoms with van der Waals surface area (Å²) in [7, 11) is 0. The molecule has 2 rings (SSSR count). The first-order chi connectivity index (χ1) is 12.0. The molecule has 1 unspecified atom stereocenters. The van der Waals surface area contributed by atoms with Crippen molar-refractivity contribution in [3.8, 4) is 5.75 Å². The van der Waals surface area contributed by atoms with Crippen molar-refractivity contribution in [1.82, 2.24) is 5.32 Å². The molecule has 0 aliphatic rings. The van der Waals surface area contributed by atoms with Crippen molar-refractivity contribution in [3.63, 3.8) is 0 Å². The molecular formula is C18H17Cl2NO4. The molecule has 5 nitrogen and oxygen atoms in total. The Labute approximate surface area is 155 Å². The number of amides is 1. The third kappa shape index (κ3) is 6.29. The van der Waals surface area contributed by atoms with E-state index in [1.54, 1.807) is 42.5 Å². The first-order valence-electron chi connectivity index (χ1n) is 7.54. The number of carbonyl (C=O) groups excluding carboxylic acids is 2. The van der Waals surface area contributed by atoms with Crippen LogP contribution in [-0.2, 0) is 20.9 Å². The third-order valence-corrected chi connectivity index (χ3v) is 3.84. The predicted octanol–water partition coefficient (Wildman–Crippen LogP) is 3.62. The van der Waals surface area contributed by atoms with Gasteiger partial charge in [0, 0.05) is 16.6 Å². The minimum atomic E-state index is -0.946. The normalized spacial score (nSPS) is 11.5. The molecular weight excluding hydrogens is 365 g/mol. The largest absolute Gasteiger partial charge is 0.482 e. The highest BCUT2D eigenvalue weighted by Crippen LogP contribution is 2.17. The van der Waals surface area contributed by atoms with E-state index in [9.17, 15) is 9.59 Å². The van der Waals surface area contributed by atoms with Gasteiger partial charge in [0.2, 0.25) is 0 Å². The van der Waals surface area contributed by atoms with Gasteiger partial charge in [-0.15, -0.1) is 0 Å². The van der Waals surface area contributed by atoms with E-state index in [-0.39, 0.29) is 13.2 Å². The van der Waals surface area contributed by atoms with Crippen LogP contribution in [0.4, 0.5) is 0 Å². The lowest BCUT2D eigenvalue weighted by Crippen LogP contribution is -2.36. The van der Waals surface area contributed by atoms with E-state index in [1.165, 1.54) is 6.92 Å². The van der Waals surface area contributed by atoms with E-state index >= 15 is 0 Å².